The van der Waals surface area contributed by atoms with Crippen molar-refractivity contribution in [3.63, 3.8) is 0 Å². The monoisotopic (exact) mass is 935 g/mol. The van der Waals surface area contributed by atoms with E-state index < -0.39 is 42.9 Å². The number of nitro groups is 1. The normalized spacial score (nSPS) is 24.2. The lowest BCUT2D eigenvalue weighted by atomic mass is 9.59. The van der Waals surface area contributed by atoms with E-state index in [2.05, 4.69) is 67.9 Å². The molecule has 2 saturated heterocycles. The van der Waals surface area contributed by atoms with E-state index in [9.17, 15) is 32.8 Å². The number of fused-ring (bicyclic) bond motifs is 2. The number of nitro benzene ring substituents is 1. The van der Waals surface area contributed by atoms with Gasteiger partial charge in [0.1, 0.15) is 29.6 Å². The van der Waals surface area contributed by atoms with Crippen LogP contribution in [0.3, 0.4) is 0 Å². The van der Waals surface area contributed by atoms with Gasteiger partial charge in [-0.1, -0.05) is 38.1 Å². The van der Waals surface area contributed by atoms with Crippen LogP contribution in [0, 0.1) is 27.3 Å². The highest BCUT2D eigenvalue weighted by atomic mass is 32.2. The fraction of sp³-hybridized carbons (Fsp3) is 0.480. The van der Waals surface area contributed by atoms with Crippen molar-refractivity contribution in [1.82, 2.24) is 19.6 Å². The quantitative estimate of drug-likeness (QED) is 0.0726. The van der Waals surface area contributed by atoms with Gasteiger partial charge in [-0.15, -0.1) is 0 Å². The molecule has 3 aromatic carbocycles. The molecule has 0 radical (unpaired) electrons. The molecule has 2 aromatic heterocycles. The average molecular weight is 936 g/mol. The maximum atomic E-state index is 14.7. The number of halogens is 1. The van der Waals surface area contributed by atoms with E-state index in [0.717, 1.165) is 57.1 Å². The summed E-state index contributed by atoms with van der Waals surface area (Å²) in [6, 6.07) is 18.1. The maximum absolute atomic E-state index is 14.7. The third-order valence-corrected chi connectivity index (χ3v) is 16.7. The third kappa shape index (κ3) is 8.81. The Bertz CT molecular complexity index is 2830. The lowest BCUT2D eigenvalue weighted by Crippen LogP contribution is -2.54. The van der Waals surface area contributed by atoms with Gasteiger partial charge in [0.15, 0.2) is 11.4 Å². The van der Waals surface area contributed by atoms with Crippen molar-refractivity contribution in [2.24, 2.45) is 11.3 Å². The zero-order chi connectivity index (χ0) is 46.8. The van der Waals surface area contributed by atoms with E-state index in [-0.39, 0.29) is 57.9 Å². The fourth-order valence-corrected chi connectivity index (χ4v) is 12.5. The first-order valence-electron chi connectivity index (χ1n) is 23.6. The molecule has 4 fully saturated rings. The van der Waals surface area contributed by atoms with Crippen molar-refractivity contribution >= 4 is 44.0 Å². The van der Waals surface area contributed by atoms with Gasteiger partial charge in [0, 0.05) is 55.3 Å². The van der Waals surface area contributed by atoms with Crippen LogP contribution in [-0.4, -0.2) is 83.1 Å². The Balaban J connectivity index is 0.863. The zero-order valence-corrected chi connectivity index (χ0v) is 38.9. The number of ether oxygens (including phenoxy) is 2. The summed E-state index contributed by atoms with van der Waals surface area (Å²) in [7, 11) is -4.71. The number of amides is 1. The van der Waals surface area contributed by atoms with Gasteiger partial charge in [-0.05, 0) is 124 Å². The van der Waals surface area contributed by atoms with Gasteiger partial charge in [0.2, 0.25) is 0 Å². The van der Waals surface area contributed by atoms with Crippen LogP contribution in [-0.2, 0) is 10.0 Å². The summed E-state index contributed by atoms with van der Waals surface area (Å²) in [5.74, 6) is -0.889. The molecule has 1 amide bonds. The standard InChI is InChI=1S/C50H58FN7O8S/c1-30(2)36-7-4-5-8-37(36)42-9-6-18-57(42)33-25-50(26-33)16-19-56(20-17-50)32-10-11-38(44(21-32)66-34-22-39-40(51)28-53-47(39)52-27-34)48(59)55-67(63,64)35-23-43(58(61)62)46-45(24-35)65-29-41(54-46)31-12-14-49(3,60)15-13-31/h4-5,7-8,10-11,21-24,27-28,30-31,33,41-42,54,60H,6,9,12-20,25-26,29H2,1-3H3,(H,52,53)(H,55,59)/t31-,41-,42+,49-/m1/s1. The van der Waals surface area contributed by atoms with Gasteiger partial charge >= 0.3 is 0 Å². The van der Waals surface area contributed by atoms with E-state index in [1.807, 2.05) is 0 Å². The van der Waals surface area contributed by atoms with Crippen molar-refractivity contribution in [2.75, 3.05) is 36.5 Å². The molecule has 15 nitrogen and oxygen atoms in total. The third-order valence-electron chi connectivity index (χ3n) is 15.4. The molecule has 0 bridgehead atoms. The highest BCUT2D eigenvalue weighted by Crippen LogP contribution is 2.54. The molecule has 67 heavy (non-hydrogen) atoms. The number of H-pyrrole nitrogens is 1. The molecule has 10 rings (SSSR count). The number of likely N-dealkylation sites (tertiary alicyclic amines) is 1. The molecule has 4 N–H and O–H groups in total. The summed E-state index contributed by atoms with van der Waals surface area (Å²) in [5, 5.41) is 26.2. The van der Waals surface area contributed by atoms with Crippen molar-refractivity contribution in [3.8, 4) is 17.2 Å². The largest absolute Gasteiger partial charge is 0.489 e. The fourth-order valence-electron chi connectivity index (χ4n) is 11.5. The van der Waals surface area contributed by atoms with E-state index in [0.29, 0.717) is 49.3 Å². The molecule has 2 saturated carbocycles. The average Bonchev–Trinajstić information content (AvgIpc) is 3.94. The number of carbonyl (C=O) groups excluding carboxylic acids is 1. The minimum absolute atomic E-state index is 0.0206. The number of aliphatic hydroxyl groups is 1. The number of aromatic amines is 1. The Hall–Kier alpha value is -5.78. The summed E-state index contributed by atoms with van der Waals surface area (Å²) in [5.41, 5.74) is 2.91. The topological polar surface area (TPSA) is 192 Å². The minimum Gasteiger partial charge on any atom is -0.489 e. The predicted octanol–water partition coefficient (Wildman–Crippen LogP) is 9.34. The number of nitrogens with one attached hydrogen (secondary N) is 3. The SMILES string of the molecule is CC(C)c1ccccc1[C@@H]1CCCN1C1CC2(CCN(c3ccc(C(=O)NS(=O)(=O)c4cc5c(c([N+](=O)[O-])c4)N[C@@H]([C@H]4CC[C@](C)(O)CC4)CO5)c(Oc4cnc5[nH]cc(F)c5c4)c3)CC2)C1. The first-order valence-corrected chi connectivity index (χ1v) is 25.1. The van der Waals surface area contributed by atoms with E-state index in [4.69, 9.17) is 9.47 Å². The Labute approximate surface area is 389 Å². The smallest absolute Gasteiger partial charge is 0.297 e. The number of pyridine rings is 1. The van der Waals surface area contributed by atoms with Crippen LogP contribution in [0.15, 0.2) is 78.0 Å². The van der Waals surface area contributed by atoms with Crippen LogP contribution >= 0.6 is 0 Å². The number of carbonyl (C=O) groups is 1. The van der Waals surface area contributed by atoms with E-state index in [1.54, 1.807) is 19.1 Å². The lowest BCUT2D eigenvalue weighted by Gasteiger charge is -2.56. The second-order valence-corrected chi connectivity index (χ2v) is 21.8. The minimum atomic E-state index is -4.71. The first kappa shape index (κ1) is 45.0. The molecule has 3 aliphatic heterocycles. The van der Waals surface area contributed by atoms with Gasteiger partial charge in [-0.3, -0.25) is 19.8 Å². The molecule has 5 aliphatic rings. The summed E-state index contributed by atoms with van der Waals surface area (Å²) >= 11 is 0. The molecule has 5 heterocycles. The number of anilines is 2. The molecule has 5 aromatic rings. The van der Waals surface area contributed by atoms with Gasteiger partial charge in [0.05, 0.1) is 38.6 Å². The number of rotatable bonds is 11. The van der Waals surface area contributed by atoms with E-state index in [1.165, 1.54) is 54.6 Å². The van der Waals surface area contributed by atoms with Crippen molar-refractivity contribution in [2.45, 2.75) is 120 Å². The number of nitrogens with zero attached hydrogens (tertiary/aromatic N) is 4. The van der Waals surface area contributed by atoms with Crippen molar-refractivity contribution < 1.29 is 37.1 Å². The van der Waals surface area contributed by atoms with Crippen LogP contribution in [0.2, 0.25) is 0 Å². The van der Waals surface area contributed by atoms with E-state index >= 15 is 0 Å². The summed E-state index contributed by atoms with van der Waals surface area (Å²) in [4.78, 5) is 37.3. The molecule has 17 heteroatoms. The summed E-state index contributed by atoms with van der Waals surface area (Å²) < 4.78 is 56.9. The van der Waals surface area contributed by atoms with Crippen LogP contribution in [0.4, 0.5) is 21.5 Å². The summed E-state index contributed by atoms with van der Waals surface area (Å²) in [6.07, 6.45) is 11.9. The molecular formula is C50H58FN7O8S. The van der Waals surface area contributed by atoms with Crippen LogP contribution in [0.1, 0.15) is 118 Å². The maximum Gasteiger partial charge on any atom is 0.297 e. The molecule has 354 valence electrons. The number of aromatic nitrogens is 2. The molecular weight excluding hydrogens is 878 g/mol. The number of sulfonamides is 1. The molecule has 1 spiro atoms. The van der Waals surface area contributed by atoms with Crippen LogP contribution < -0.4 is 24.4 Å². The van der Waals surface area contributed by atoms with Gasteiger partial charge in [0.25, 0.3) is 21.6 Å². The van der Waals surface area contributed by atoms with Crippen molar-refractivity contribution in [1.29, 1.82) is 0 Å². The first-order chi connectivity index (χ1) is 32.1. The van der Waals surface area contributed by atoms with Crippen LogP contribution in [0.25, 0.3) is 11.0 Å². The zero-order valence-electron chi connectivity index (χ0n) is 38.1. The summed E-state index contributed by atoms with van der Waals surface area (Å²) in [6.45, 7) is 9.17. The highest BCUT2D eigenvalue weighted by molar-refractivity contribution is 7.90. The van der Waals surface area contributed by atoms with Gasteiger partial charge in [-0.2, -0.15) is 0 Å². The number of benzene rings is 3. The molecule has 2 atom stereocenters. The Kier molecular flexibility index (Phi) is 11.7. The highest BCUT2D eigenvalue weighted by Gasteiger charge is 2.50. The Morgan fingerprint density at radius 1 is 1.04 bits per heavy atom. The Morgan fingerprint density at radius 3 is 2.55 bits per heavy atom. The van der Waals surface area contributed by atoms with Gasteiger partial charge < -0.3 is 29.8 Å². The second kappa shape index (κ2) is 17.4. The number of hydrogen-bond donors (Lipinski definition) is 4. The molecule has 2 aliphatic carbocycles. The van der Waals surface area contributed by atoms with Crippen LogP contribution in [0.5, 0.6) is 17.2 Å². The lowest BCUT2D eigenvalue weighted by molar-refractivity contribution is -0.384. The predicted molar refractivity (Wildman–Crippen MR) is 252 cm³/mol. The van der Waals surface area contributed by atoms with Gasteiger partial charge in [-0.25, -0.2) is 22.5 Å². The molecule has 0 unspecified atom stereocenters. The number of piperidine rings is 1. The second-order valence-electron chi connectivity index (χ2n) is 20.1. The number of hydrogen-bond acceptors (Lipinski definition) is 12. The van der Waals surface area contributed by atoms with Crippen molar-refractivity contribution in [3.05, 3.63) is 106 Å². The Morgan fingerprint density at radius 2 is 1.81 bits per heavy atom.